The molecule has 1 amide bonds. The van der Waals surface area contributed by atoms with E-state index in [1.54, 1.807) is 37.3 Å². The summed E-state index contributed by atoms with van der Waals surface area (Å²) in [7, 11) is 1.54. The quantitative estimate of drug-likeness (QED) is 0.827. The van der Waals surface area contributed by atoms with Crippen LogP contribution in [0.15, 0.2) is 42.5 Å². The first-order valence-electron chi connectivity index (χ1n) is 7.32. The van der Waals surface area contributed by atoms with Crippen molar-refractivity contribution in [2.45, 2.75) is 13.5 Å². The monoisotopic (exact) mass is 331 g/mol. The van der Waals surface area contributed by atoms with Crippen LogP contribution in [0.1, 0.15) is 21.5 Å². The summed E-state index contributed by atoms with van der Waals surface area (Å²) in [6.07, 6.45) is 0. The fourth-order valence-electron chi connectivity index (χ4n) is 2.05. The molecule has 0 aromatic heterocycles. The highest BCUT2D eigenvalue weighted by Gasteiger charge is 2.13. The van der Waals surface area contributed by atoms with Gasteiger partial charge in [-0.25, -0.2) is 9.18 Å². The minimum absolute atomic E-state index is 0.234. The van der Waals surface area contributed by atoms with Crippen LogP contribution in [0.4, 0.5) is 4.39 Å². The van der Waals surface area contributed by atoms with E-state index in [4.69, 9.17) is 9.47 Å². The number of amides is 1. The Morgan fingerprint density at radius 1 is 1.12 bits per heavy atom. The molecule has 0 atom stereocenters. The second-order valence-electron chi connectivity index (χ2n) is 5.16. The first kappa shape index (κ1) is 17.5. The molecule has 0 aliphatic heterocycles. The number of benzene rings is 2. The topological polar surface area (TPSA) is 64.6 Å². The number of methoxy groups -OCH3 is 1. The molecule has 0 aliphatic carbocycles. The van der Waals surface area contributed by atoms with Gasteiger partial charge in [-0.2, -0.15) is 0 Å². The molecule has 0 bridgehead atoms. The largest absolute Gasteiger partial charge is 0.497 e. The molecular weight excluding hydrogens is 313 g/mol. The molecule has 0 unspecified atom stereocenters. The van der Waals surface area contributed by atoms with Gasteiger partial charge in [-0.3, -0.25) is 4.79 Å². The predicted molar refractivity (Wildman–Crippen MR) is 86.3 cm³/mol. The van der Waals surface area contributed by atoms with Crippen LogP contribution in [0, 0.1) is 12.7 Å². The Morgan fingerprint density at radius 2 is 1.83 bits per heavy atom. The molecule has 0 saturated heterocycles. The molecule has 2 rings (SSSR count). The van der Waals surface area contributed by atoms with Gasteiger partial charge in [0.25, 0.3) is 5.91 Å². The Labute approximate surface area is 139 Å². The average Bonchev–Trinajstić information content (AvgIpc) is 2.59. The van der Waals surface area contributed by atoms with Crippen molar-refractivity contribution in [1.29, 1.82) is 0 Å². The first-order chi connectivity index (χ1) is 11.5. The highest BCUT2D eigenvalue weighted by atomic mass is 19.1. The Balaban J connectivity index is 1.82. The zero-order chi connectivity index (χ0) is 17.5. The van der Waals surface area contributed by atoms with E-state index in [2.05, 4.69) is 5.32 Å². The van der Waals surface area contributed by atoms with E-state index in [-0.39, 0.29) is 19.0 Å². The summed E-state index contributed by atoms with van der Waals surface area (Å²) in [6.45, 7) is 1.61. The lowest BCUT2D eigenvalue weighted by atomic mass is 10.1. The SMILES string of the molecule is COc1ccc(C(=O)OCC(=O)NCc2ccc(F)cc2)c(C)c1. The zero-order valence-corrected chi connectivity index (χ0v) is 13.5. The van der Waals surface area contributed by atoms with E-state index >= 15 is 0 Å². The van der Waals surface area contributed by atoms with E-state index in [1.807, 2.05) is 0 Å². The second kappa shape index (κ2) is 8.10. The Bertz CT molecular complexity index is 728. The predicted octanol–water partition coefficient (Wildman–Crippen LogP) is 2.62. The molecule has 0 aliphatic rings. The van der Waals surface area contributed by atoms with Crippen molar-refractivity contribution in [3.63, 3.8) is 0 Å². The van der Waals surface area contributed by atoms with Crippen LogP contribution >= 0.6 is 0 Å². The molecule has 2 aromatic rings. The first-order valence-corrected chi connectivity index (χ1v) is 7.32. The summed E-state index contributed by atoms with van der Waals surface area (Å²) in [4.78, 5) is 23.7. The number of rotatable bonds is 6. The highest BCUT2D eigenvalue weighted by molar-refractivity contribution is 5.92. The van der Waals surface area contributed by atoms with Crippen LogP contribution in [0.3, 0.4) is 0 Å². The summed E-state index contributed by atoms with van der Waals surface area (Å²) in [5, 5.41) is 2.60. The number of halogens is 1. The Hall–Kier alpha value is -2.89. The average molecular weight is 331 g/mol. The van der Waals surface area contributed by atoms with Crippen molar-refractivity contribution in [3.05, 3.63) is 65.0 Å². The van der Waals surface area contributed by atoms with Gasteiger partial charge in [0.1, 0.15) is 11.6 Å². The number of aryl methyl sites for hydroxylation is 1. The van der Waals surface area contributed by atoms with E-state index < -0.39 is 11.9 Å². The molecule has 6 heteroatoms. The van der Waals surface area contributed by atoms with E-state index in [0.717, 1.165) is 5.56 Å². The third kappa shape index (κ3) is 4.81. The summed E-state index contributed by atoms with van der Waals surface area (Å²) < 4.78 is 22.9. The number of ether oxygens (including phenoxy) is 2. The number of hydrogen-bond donors (Lipinski definition) is 1. The smallest absolute Gasteiger partial charge is 0.338 e. The number of esters is 1. The highest BCUT2D eigenvalue weighted by Crippen LogP contribution is 2.17. The number of hydrogen-bond acceptors (Lipinski definition) is 4. The number of carbonyl (C=O) groups is 2. The molecule has 24 heavy (non-hydrogen) atoms. The van der Waals surface area contributed by atoms with Crippen LogP contribution < -0.4 is 10.1 Å². The van der Waals surface area contributed by atoms with E-state index in [0.29, 0.717) is 16.9 Å². The van der Waals surface area contributed by atoms with Gasteiger partial charge >= 0.3 is 5.97 Å². The van der Waals surface area contributed by atoms with Gasteiger partial charge in [-0.15, -0.1) is 0 Å². The zero-order valence-electron chi connectivity index (χ0n) is 13.5. The molecule has 0 radical (unpaired) electrons. The van der Waals surface area contributed by atoms with Crippen LogP contribution in [0.25, 0.3) is 0 Å². The molecule has 2 aromatic carbocycles. The van der Waals surface area contributed by atoms with Gasteiger partial charge in [0.05, 0.1) is 12.7 Å². The standard InChI is InChI=1S/C18H18FNO4/c1-12-9-15(23-2)7-8-16(12)18(22)24-11-17(21)20-10-13-3-5-14(19)6-4-13/h3-9H,10-11H2,1-2H3,(H,20,21). The van der Waals surface area contributed by atoms with Crippen LogP contribution in [0.2, 0.25) is 0 Å². The normalized spacial score (nSPS) is 10.1. The van der Waals surface area contributed by atoms with Crippen molar-refractivity contribution in [3.8, 4) is 5.75 Å². The van der Waals surface area contributed by atoms with Crippen molar-refractivity contribution in [1.82, 2.24) is 5.32 Å². The van der Waals surface area contributed by atoms with Crippen LogP contribution in [-0.2, 0) is 16.1 Å². The van der Waals surface area contributed by atoms with Gasteiger partial charge < -0.3 is 14.8 Å². The molecule has 0 saturated carbocycles. The minimum atomic E-state index is -0.577. The summed E-state index contributed by atoms with van der Waals surface area (Å²) >= 11 is 0. The maximum Gasteiger partial charge on any atom is 0.338 e. The van der Waals surface area contributed by atoms with Gasteiger partial charge in [-0.1, -0.05) is 12.1 Å². The fourth-order valence-corrected chi connectivity index (χ4v) is 2.05. The van der Waals surface area contributed by atoms with Gasteiger partial charge in [0.15, 0.2) is 6.61 Å². The molecule has 0 fully saturated rings. The van der Waals surface area contributed by atoms with Crippen molar-refractivity contribution < 1.29 is 23.5 Å². The maximum atomic E-state index is 12.8. The maximum absolute atomic E-state index is 12.8. The second-order valence-corrected chi connectivity index (χ2v) is 5.16. The van der Waals surface area contributed by atoms with Crippen molar-refractivity contribution in [2.75, 3.05) is 13.7 Å². The van der Waals surface area contributed by atoms with Gasteiger partial charge in [0, 0.05) is 6.54 Å². The van der Waals surface area contributed by atoms with E-state index in [1.165, 1.54) is 19.2 Å². The van der Waals surface area contributed by atoms with Gasteiger partial charge in [-0.05, 0) is 48.4 Å². The lowest BCUT2D eigenvalue weighted by Crippen LogP contribution is -2.28. The van der Waals surface area contributed by atoms with Crippen molar-refractivity contribution in [2.24, 2.45) is 0 Å². The summed E-state index contributed by atoms with van der Waals surface area (Å²) in [5.74, 6) is -0.708. The summed E-state index contributed by atoms with van der Waals surface area (Å²) in [5.41, 5.74) is 1.83. The number of carbonyl (C=O) groups excluding carboxylic acids is 2. The Kier molecular flexibility index (Phi) is 5.89. The Morgan fingerprint density at radius 3 is 2.46 bits per heavy atom. The van der Waals surface area contributed by atoms with Crippen LogP contribution in [-0.4, -0.2) is 25.6 Å². The van der Waals surface area contributed by atoms with E-state index in [9.17, 15) is 14.0 Å². The molecular formula is C18H18FNO4. The minimum Gasteiger partial charge on any atom is -0.497 e. The van der Waals surface area contributed by atoms with Crippen molar-refractivity contribution >= 4 is 11.9 Å². The molecule has 0 heterocycles. The fraction of sp³-hybridized carbons (Fsp3) is 0.222. The molecule has 0 spiro atoms. The third-order valence-corrected chi connectivity index (χ3v) is 3.39. The lowest BCUT2D eigenvalue weighted by molar-refractivity contribution is -0.124. The molecule has 1 N–H and O–H groups in total. The molecule has 126 valence electrons. The van der Waals surface area contributed by atoms with Gasteiger partial charge in [0.2, 0.25) is 0 Å². The van der Waals surface area contributed by atoms with Crippen LogP contribution in [0.5, 0.6) is 5.75 Å². The molecule has 5 nitrogen and oxygen atoms in total. The lowest BCUT2D eigenvalue weighted by Gasteiger charge is -2.09. The summed E-state index contributed by atoms with van der Waals surface area (Å²) in [6, 6.07) is 10.7. The third-order valence-electron chi connectivity index (χ3n) is 3.39. The number of nitrogens with one attached hydrogen (secondary N) is 1.